The van der Waals surface area contributed by atoms with Gasteiger partial charge in [-0.2, -0.15) is 5.10 Å². The van der Waals surface area contributed by atoms with E-state index in [9.17, 15) is 4.79 Å². The van der Waals surface area contributed by atoms with Crippen LogP contribution in [0.5, 0.6) is 0 Å². The van der Waals surface area contributed by atoms with E-state index in [4.69, 9.17) is 9.47 Å². The van der Waals surface area contributed by atoms with Crippen molar-refractivity contribution in [2.24, 2.45) is 7.05 Å². The molecule has 1 aromatic rings. The van der Waals surface area contributed by atoms with Crippen molar-refractivity contribution >= 4 is 11.8 Å². The maximum atomic E-state index is 11.7. The van der Waals surface area contributed by atoms with Crippen molar-refractivity contribution in [3.05, 3.63) is 11.8 Å². The van der Waals surface area contributed by atoms with Crippen LogP contribution in [0.4, 0.5) is 5.82 Å². The number of esters is 1. The summed E-state index contributed by atoms with van der Waals surface area (Å²) in [7, 11) is 3.87. The Morgan fingerprint density at radius 3 is 2.89 bits per heavy atom. The topological polar surface area (TPSA) is 56.6 Å². The van der Waals surface area contributed by atoms with E-state index in [1.807, 2.05) is 14.1 Å². The molecule has 1 aliphatic rings. The quantitative estimate of drug-likeness (QED) is 0.768. The van der Waals surface area contributed by atoms with E-state index >= 15 is 0 Å². The molecule has 19 heavy (non-hydrogen) atoms. The van der Waals surface area contributed by atoms with Crippen LogP contribution >= 0.6 is 0 Å². The molecule has 1 saturated heterocycles. The third kappa shape index (κ3) is 3.07. The lowest BCUT2D eigenvalue weighted by Crippen LogP contribution is -2.37. The number of aromatic nitrogens is 2. The first-order valence-corrected chi connectivity index (χ1v) is 6.65. The van der Waals surface area contributed by atoms with Gasteiger partial charge in [-0.25, -0.2) is 4.79 Å². The minimum absolute atomic E-state index is 0.359. The minimum Gasteiger partial charge on any atom is -0.461 e. The zero-order chi connectivity index (χ0) is 13.8. The Bertz CT molecular complexity index is 438. The first-order valence-electron chi connectivity index (χ1n) is 6.65. The lowest BCUT2D eigenvalue weighted by atomic mass is 10.1. The highest BCUT2D eigenvalue weighted by Gasteiger charge is 2.23. The number of carbonyl (C=O) groups excluding carboxylic acids is 1. The van der Waals surface area contributed by atoms with Crippen LogP contribution in [0.1, 0.15) is 30.3 Å². The average Bonchev–Trinajstić information content (AvgIpc) is 2.81. The molecule has 1 fully saturated rings. The summed E-state index contributed by atoms with van der Waals surface area (Å²) in [6.45, 7) is 3.73. The van der Waals surface area contributed by atoms with Crippen LogP contribution in [0, 0.1) is 0 Å². The molecule has 0 amide bonds. The largest absolute Gasteiger partial charge is 0.461 e. The third-order valence-electron chi connectivity index (χ3n) is 3.44. The normalized spacial score (nSPS) is 16.4. The maximum Gasteiger partial charge on any atom is 0.358 e. The highest BCUT2D eigenvalue weighted by atomic mass is 16.5. The minimum atomic E-state index is -0.371. The molecule has 6 nitrogen and oxygen atoms in total. The van der Waals surface area contributed by atoms with Gasteiger partial charge in [-0.3, -0.25) is 4.68 Å². The van der Waals surface area contributed by atoms with Gasteiger partial charge in [0.2, 0.25) is 0 Å². The smallest absolute Gasteiger partial charge is 0.358 e. The second-order valence-electron chi connectivity index (χ2n) is 4.69. The van der Waals surface area contributed by atoms with Gasteiger partial charge in [0.15, 0.2) is 5.69 Å². The van der Waals surface area contributed by atoms with Gasteiger partial charge >= 0.3 is 5.97 Å². The standard InChI is InChI=1S/C13H21N3O3/c1-4-19-13(17)11-9-12(16(3)14-11)15(2)10-5-7-18-8-6-10/h9-10H,4-8H2,1-3H3. The summed E-state index contributed by atoms with van der Waals surface area (Å²) < 4.78 is 12.1. The van der Waals surface area contributed by atoms with Crippen LogP contribution in [-0.4, -0.2) is 48.7 Å². The molecule has 0 radical (unpaired) electrons. The van der Waals surface area contributed by atoms with Crippen molar-refractivity contribution in [3.8, 4) is 0 Å². The Morgan fingerprint density at radius 1 is 1.58 bits per heavy atom. The summed E-state index contributed by atoms with van der Waals surface area (Å²) >= 11 is 0. The molecule has 1 aromatic heterocycles. The summed E-state index contributed by atoms with van der Waals surface area (Å²) in [5.41, 5.74) is 0.359. The molecule has 0 saturated carbocycles. The fourth-order valence-electron chi connectivity index (χ4n) is 2.35. The first kappa shape index (κ1) is 13.9. The molecular formula is C13H21N3O3. The van der Waals surface area contributed by atoms with Crippen LogP contribution in [0.3, 0.4) is 0 Å². The summed E-state index contributed by atoms with van der Waals surface area (Å²) in [5.74, 6) is 0.555. The summed E-state index contributed by atoms with van der Waals surface area (Å²) in [6, 6.07) is 2.21. The van der Waals surface area contributed by atoms with Crippen LogP contribution in [0.2, 0.25) is 0 Å². The molecule has 0 unspecified atom stereocenters. The predicted molar refractivity (Wildman–Crippen MR) is 71.4 cm³/mol. The van der Waals surface area contributed by atoms with Crippen molar-refractivity contribution in [2.45, 2.75) is 25.8 Å². The second-order valence-corrected chi connectivity index (χ2v) is 4.69. The lowest BCUT2D eigenvalue weighted by molar-refractivity contribution is 0.0518. The van der Waals surface area contributed by atoms with E-state index in [2.05, 4.69) is 10.00 Å². The molecule has 0 aromatic carbocycles. The fourth-order valence-corrected chi connectivity index (χ4v) is 2.35. The van der Waals surface area contributed by atoms with Gasteiger partial charge in [0.25, 0.3) is 0 Å². The third-order valence-corrected chi connectivity index (χ3v) is 3.44. The van der Waals surface area contributed by atoms with E-state index in [0.29, 0.717) is 18.3 Å². The lowest BCUT2D eigenvalue weighted by Gasteiger charge is -2.32. The van der Waals surface area contributed by atoms with E-state index in [1.165, 1.54) is 0 Å². The molecule has 6 heteroatoms. The fraction of sp³-hybridized carbons (Fsp3) is 0.692. The van der Waals surface area contributed by atoms with Crippen LogP contribution in [0.25, 0.3) is 0 Å². The Balaban J connectivity index is 2.12. The number of carbonyl (C=O) groups is 1. The molecule has 0 aliphatic carbocycles. The number of nitrogens with zero attached hydrogens (tertiary/aromatic N) is 3. The molecule has 0 spiro atoms. The molecular weight excluding hydrogens is 246 g/mol. The van der Waals surface area contributed by atoms with Gasteiger partial charge in [0.05, 0.1) is 6.61 Å². The molecule has 0 N–H and O–H groups in total. The van der Waals surface area contributed by atoms with Gasteiger partial charge in [0, 0.05) is 39.4 Å². The molecule has 0 atom stereocenters. The average molecular weight is 267 g/mol. The number of ether oxygens (including phenoxy) is 2. The van der Waals surface area contributed by atoms with Gasteiger partial charge in [-0.15, -0.1) is 0 Å². The number of rotatable bonds is 4. The monoisotopic (exact) mass is 267 g/mol. The number of anilines is 1. The Labute approximate surface area is 113 Å². The zero-order valence-corrected chi connectivity index (χ0v) is 11.8. The van der Waals surface area contributed by atoms with Crippen LogP contribution in [0.15, 0.2) is 6.07 Å². The Morgan fingerprint density at radius 2 is 2.26 bits per heavy atom. The van der Waals surface area contributed by atoms with Crippen molar-refractivity contribution in [2.75, 3.05) is 31.8 Å². The highest BCUT2D eigenvalue weighted by molar-refractivity contribution is 5.88. The maximum absolute atomic E-state index is 11.7. The first-order chi connectivity index (χ1) is 9.13. The molecule has 1 aliphatic heterocycles. The van der Waals surface area contributed by atoms with E-state index < -0.39 is 0 Å². The van der Waals surface area contributed by atoms with Gasteiger partial charge < -0.3 is 14.4 Å². The van der Waals surface area contributed by atoms with E-state index in [-0.39, 0.29) is 5.97 Å². The van der Waals surface area contributed by atoms with Crippen molar-refractivity contribution < 1.29 is 14.3 Å². The second kappa shape index (κ2) is 6.06. The van der Waals surface area contributed by atoms with Crippen molar-refractivity contribution in [1.82, 2.24) is 9.78 Å². The van der Waals surface area contributed by atoms with Crippen molar-refractivity contribution in [1.29, 1.82) is 0 Å². The Hall–Kier alpha value is -1.56. The zero-order valence-electron chi connectivity index (χ0n) is 11.8. The number of hydrogen-bond donors (Lipinski definition) is 0. The van der Waals surface area contributed by atoms with Crippen LogP contribution < -0.4 is 4.90 Å². The highest BCUT2D eigenvalue weighted by Crippen LogP contribution is 2.21. The van der Waals surface area contributed by atoms with Crippen LogP contribution in [-0.2, 0) is 16.5 Å². The molecule has 2 heterocycles. The SMILES string of the molecule is CCOC(=O)c1cc(N(C)C2CCOCC2)n(C)n1. The Kier molecular flexibility index (Phi) is 4.42. The molecule has 106 valence electrons. The summed E-state index contributed by atoms with van der Waals surface area (Å²) in [4.78, 5) is 13.8. The number of aryl methyl sites for hydroxylation is 1. The van der Waals surface area contributed by atoms with E-state index in [0.717, 1.165) is 31.9 Å². The van der Waals surface area contributed by atoms with Gasteiger partial charge in [-0.05, 0) is 19.8 Å². The summed E-state index contributed by atoms with van der Waals surface area (Å²) in [5, 5.41) is 4.21. The predicted octanol–water partition coefficient (Wildman–Crippen LogP) is 1.21. The molecule has 2 rings (SSSR count). The van der Waals surface area contributed by atoms with E-state index in [1.54, 1.807) is 17.7 Å². The summed E-state index contributed by atoms with van der Waals surface area (Å²) in [6.07, 6.45) is 1.99. The van der Waals surface area contributed by atoms with Gasteiger partial charge in [-0.1, -0.05) is 0 Å². The number of hydrogen-bond acceptors (Lipinski definition) is 5. The molecule has 0 bridgehead atoms. The van der Waals surface area contributed by atoms with Crippen molar-refractivity contribution in [3.63, 3.8) is 0 Å². The van der Waals surface area contributed by atoms with Gasteiger partial charge in [0.1, 0.15) is 5.82 Å².